The van der Waals surface area contributed by atoms with Crippen molar-refractivity contribution >= 4 is 0 Å². The largest absolute Gasteiger partial charge is 0.481 e. The Morgan fingerprint density at radius 2 is 2.12 bits per heavy atom. The van der Waals surface area contributed by atoms with Crippen LogP contribution in [0.25, 0.3) is 0 Å². The van der Waals surface area contributed by atoms with Gasteiger partial charge in [0, 0.05) is 56.3 Å². The molecule has 140 valence electrons. The van der Waals surface area contributed by atoms with Crippen molar-refractivity contribution < 1.29 is 9.47 Å². The van der Waals surface area contributed by atoms with E-state index in [0.717, 1.165) is 56.6 Å². The van der Waals surface area contributed by atoms with E-state index in [0.29, 0.717) is 5.88 Å². The number of rotatable bonds is 8. The summed E-state index contributed by atoms with van der Waals surface area (Å²) in [5.74, 6) is 2.69. The highest BCUT2D eigenvalue weighted by molar-refractivity contribution is 5.25. The molecule has 2 aromatic heterocycles. The number of ether oxygens (including phenoxy) is 2. The van der Waals surface area contributed by atoms with Crippen LogP contribution >= 0.6 is 0 Å². The molecule has 2 aliphatic rings. The van der Waals surface area contributed by atoms with E-state index >= 15 is 0 Å². The Morgan fingerprint density at radius 3 is 2.92 bits per heavy atom. The third-order valence-corrected chi connectivity index (χ3v) is 5.47. The quantitative estimate of drug-likeness (QED) is 0.681. The molecule has 26 heavy (non-hydrogen) atoms. The normalized spacial score (nSPS) is 20.2. The second-order valence-electron chi connectivity index (χ2n) is 7.35. The van der Waals surface area contributed by atoms with Gasteiger partial charge in [-0.1, -0.05) is 6.07 Å². The van der Waals surface area contributed by atoms with Crippen LogP contribution < -0.4 is 4.74 Å². The predicted molar refractivity (Wildman–Crippen MR) is 99.1 cm³/mol. The van der Waals surface area contributed by atoms with Gasteiger partial charge < -0.3 is 14.0 Å². The molecular formula is C20H28N4O2. The summed E-state index contributed by atoms with van der Waals surface area (Å²) in [7, 11) is 1.68. The highest BCUT2D eigenvalue weighted by Gasteiger charge is 2.27. The third kappa shape index (κ3) is 3.76. The average molecular weight is 356 g/mol. The highest BCUT2D eigenvalue weighted by Crippen LogP contribution is 2.30. The molecule has 0 aromatic carbocycles. The van der Waals surface area contributed by atoms with Crippen LogP contribution in [-0.4, -0.2) is 46.3 Å². The fraction of sp³-hybridized carbons (Fsp3) is 0.600. The fourth-order valence-corrected chi connectivity index (χ4v) is 3.68. The number of fused-ring (bicyclic) bond motifs is 1. The average Bonchev–Trinajstić information content (AvgIpc) is 3.40. The Kier molecular flexibility index (Phi) is 5.22. The summed E-state index contributed by atoms with van der Waals surface area (Å²) in [6.07, 6.45) is 7.43. The molecule has 1 fully saturated rings. The molecule has 6 heteroatoms. The number of pyridine rings is 1. The summed E-state index contributed by atoms with van der Waals surface area (Å²) >= 11 is 0. The lowest BCUT2D eigenvalue weighted by molar-refractivity contribution is 0.124. The van der Waals surface area contributed by atoms with Crippen LogP contribution in [0.5, 0.6) is 5.88 Å². The van der Waals surface area contributed by atoms with Crippen molar-refractivity contribution in [3.63, 3.8) is 0 Å². The van der Waals surface area contributed by atoms with Crippen molar-refractivity contribution in [1.82, 2.24) is 19.4 Å². The lowest BCUT2D eigenvalue weighted by atomic mass is 10.1. The number of hydrogen-bond donors (Lipinski definition) is 0. The van der Waals surface area contributed by atoms with Crippen molar-refractivity contribution in [3.05, 3.63) is 41.6 Å². The Labute approximate surface area is 155 Å². The van der Waals surface area contributed by atoms with Gasteiger partial charge in [-0.2, -0.15) is 0 Å². The summed E-state index contributed by atoms with van der Waals surface area (Å²) in [5.41, 5.74) is 2.41. The molecule has 0 unspecified atom stereocenters. The van der Waals surface area contributed by atoms with Crippen molar-refractivity contribution in [3.8, 4) is 5.88 Å². The van der Waals surface area contributed by atoms with E-state index in [4.69, 9.17) is 14.5 Å². The summed E-state index contributed by atoms with van der Waals surface area (Å²) in [6, 6.07) is 4.32. The Bertz CT molecular complexity index is 741. The number of methoxy groups -OCH3 is 1. The third-order valence-electron chi connectivity index (χ3n) is 5.47. The molecular weight excluding hydrogens is 328 g/mol. The van der Waals surface area contributed by atoms with Gasteiger partial charge in [0.05, 0.1) is 19.8 Å². The molecule has 4 rings (SSSR count). The summed E-state index contributed by atoms with van der Waals surface area (Å²) in [5, 5.41) is 0. The Hall–Kier alpha value is -1.92. The molecule has 1 saturated carbocycles. The molecule has 2 aromatic rings. The number of imidazole rings is 1. The lowest BCUT2D eigenvalue weighted by Gasteiger charge is -2.34. The van der Waals surface area contributed by atoms with Gasteiger partial charge in [0.25, 0.3) is 0 Å². The minimum absolute atomic E-state index is 0.273. The molecule has 1 aliphatic heterocycles. The lowest BCUT2D eigenvalue weighted by Crippen LogP contribution is -2.37. The highest BCUT2D eigenvalue weighted by atomic mass is 16.5. The molecule has 6 nitrogen and oxygen atoms in total. The molecule has 0 bridgehead atoms. The van der Waals surface area contributed by atoms with E-state index in [2.05, 4.69) is 27.4 Å². The maximum absolute atomic E-state index is 5.80. The second-order valence-corrected chi connectivity index (χ2v) is 7.35. The fourth-order valence-electron chi connectivity index (χ4n) is 3.68. The summed E-state index contributed by atoms with van der Waals surface area (Å²) in [4.78, 5) is 11.5. The number of aromatic nitrogens is 3. The molecule has 0 spiro atoms. The van der Waals surface area contributed by atoms with E-state index in [1.54, 1.807) is 13.3 Å². The van der Waals surface area contributed by atoms with Crippen molar-refractivity contribution in [2.75, 3.05) is 26.9 Å². The zero-order chi connectivity index (χ0) is 17.9. The minimum atomic E-state index is 0.273. The van der Waals surface area contributed by atoms with Gasteiger partial charge in [0.2, 0.25) is 5.88 Å². The smallest absolute Gasteiger partial charge is 0.217 e. The SMILES string of the molecule is COc1ncccc1CN1CCn2c(CCOCC3CC3)cnc2[C@@H]1C. The zero-order valence-corrected chi connectivity index (χ0v) is 15.7. The second kappa shape index (κ2) is 7.76. The van der Waals surface area contributed by atoms with Crippen LogP contribution in [-0.2, 0) is 24.2 Å². The van der Waals surface area contributed by atoms with Crippen LogP contribution in [0, 0.1) is 5.92 Å². The first-order valence-corrected chi connectivity index (χ1v) is 9.60. The van der Waals surface area contributed by atoms with Gasteiger partial charge in [-0.3, -0.25) is 4.90 Å². The Morgan fingerprint density at radius 1 is 1.23 bits per heavy atom. The van der Waals surface area contributed by atoms with Crippen LogP contribution in [0.15, 0.2) is 24.5 Å². The van der Waals surface area contributed by atoms with Crippen molar-refractivity contribution in [2.24, 2.45) is 5.92 Å². The summed E-state index contributed by atoms with van der Waals surface area (Å²) < 4.78 is 13.6. The zero-order valence-electron chi connectivity index (χ0n) is 15.7. The van der Waals surface area contributed by atoms with Crippen molar-refractivity contribution in [1.29, 1.82) is 0 Å². The molecule has 0 saturated heterocycles. The maximum atomic E-state index is 5.80. The van der Waals surface area contributed by atoms with Crippen molar-refractivity contribution in [2.45, 2.75) is 45.3 Å². The van der Waals surface area contributed by atoms with E-state index in [1.807, 2.05) is 12.3 Å². The minimum Gasteiger partial charge on any atom is -0.481 e. The van der Waals surface area contributed by atoms with E-state index < -0.39 is 0 Å². The van der Waals surface area contributed by atoms with Crippen LogP contribution in [0.3, 0.4) is 0 Å². The molecule has 0 amide bonds. The summed E-state index contributed by atoms with van der Waals surface area (Å²) in [6.45, 7) is 6.75. The first-order chi connectivity index (χ1) is 12.8. The van der Waals surface area contributed by atoms with Gasteiger partial charge in [0.15, 0.2) is 0 Å². The number of hydrogen-bond acceptors (Lipinski definition) is 5. The van der Waals surface area contributed by atoms with Crippen LogP contribution in [0.4, 0.5) is 0 Å². The molecule has 1 atom stereocenters. The molecule has 0 N–H and O–H groups in total. The van der Waals surface area contributed by atoms with Gasteiger partial charge in [-0.25, -0.2) is 9.97 Å². The van der Waals surface area contributed by atoms with E-state index in [9.17, 15) is 0 Å². The van der Waals surface area contributed by atoms with Crippen LogP contribution in [0.1, 0.15) is 42.9 Å². The first-order valence-electron chi connectivity index (χ1n) is 9.60. The van der Waals surface area contributed by atoms with Gasteiger partial charge in [0.1, 0.15) is 5.82 Å². The molecule has 3 heterocycles. The monoisotopic (exact) mass is 356 g/mol. The molecule has 1 aliphatic carbocycles. The van der Waals surface area contributed by atoms with Gasteiger partial charge in [-0.15, -0.1) is 0 Å². The molecule has 0 radical (unpaired) electrons. The predicted octanol–water partition coefficient (Wildman–Crippen LogP) is 2.83. The topological polar surface area (TPSA) is 52.4 Å². The van der Waals surface area contributed by atoms with E-state index in [-0.39, 0.29) is 6.04 Å². The van der Waals surface area contributed by atoms with Gasteiger partial charge >= 0.3 is 0 Å². The first kappa shape index (κ1) is 17.5. The van der Waals surface area contributed by atoms with Gasteiger partial charge in [-0.05, 0) is 31.7 Å². The Balaban J connectivity index is 1.39. The number of nitrogens with zero attached hydrogens (tertiary/aromatic N) is 4. The van der Waals surface area contributed by atoms with Crippen LogP contribution in [0.2, 0.25) is 0 Å². The standard InChI is InChI=1S/C20H28N4O2/c1-15-19-22-12-18(7-11-26-14-16-5-6-16)24(19)10-9-23(15)13-17-4-3-8-21-20(17)25-2/h3-4,8,12,15-16H,5-7,9-11,13-14H2,1-2H3/t15-/m0/s1. The maximum Gasteiger partial charge on any atom is 0.217 e. The van der Waals surface area contributed by atoms with E-state index in [1.165, 1.54) is 18.5 Å².